The van der Waals surface area contributed by atoms with Crippen molar-refractivity contribution in [3.05, 3.63) is 92.0 Å². The Bertz CT molecular complexity index is 1170. The molecule has 3 rings (SSSR count). The number of benzene rings is 3. The first-order chi connectivity index (χ1) is 16.2. The molecule has 2 N–H and O–H groups in total. The molecule has 0 radical (unpaired) electrons. The Morgan fingerprint density at radius 1 is 0.941 bits per heavy atom. The van der Waals surface area contributed by atoms with Crippen LogP contribution in [0, 0.1) is 32.1 Å². The van der Waals surface area contributed by atoms with Crippen molar-refractivity contribution in [1.82, 2.24) is 0 Å². The Balaban J connectivity index is 0.00000137. The second-order valence-electron chi connectivity index (χ2n) is 7.23. The molecule has 34 heavy (non-hydrogen) atoms. The van der Waals surface area contributed by atoms with Gasteiger partial charge in [0.05, 0.1) is 17.6 Å². The monoisotopic (exact) mass is 498 g/mol. The first-order valence-electron chi connectivity index (χ1n) is 11.3. The van der Waals surface area contributed by atoms with Crippen LogP contribution >= 0.6 is 23.2 Å². The predicted molar refractivity (Wildman–Crippen MR) is 143 cm³/mol. The summed E-state index contributed by atoms with van der Waals surface area (Å²) >= 11 is 12.4. The number of hydrogen-bond donors (Lipinski definition) is 2. The first kappa shape index (κ1) is 29.0. The van der Waals surface area contributed by atoms with Gasteiger partial charge in [0.2, 0.25) is 0 Å². The van der Waals surface area contributed by atoms with E-state index in [0.29, 0.717) is 26.9 Å². The molecule has 3 aromatic carbocycles. The maximum absolute atomic E-state index is 12.8. The molecule has 0 saturated carbocycles. The third-order valence-corrected chi connectivity index (χ3v) is 5.50. The van der Waals surface area contributed by atoms with Gasteiger partial charge in [-0.3, -0.25) is 4.79 Å². The Labute approximate surface area is 213 Å². The molecule has 0 aliphatic rings. The molecule has 0 aliphatic heterocycles. The third kappa shape index (κ3) is 7.00. The molecule has 4 nitrogen and oxygen atoms in total. The topological polar surface area (TPSA) is 73.1 Å². The van der Waals surface area contributed by atoms with Crippen LogP contribution in [0.4, 0.5) is 5.69 Å². The van der Waals surface area contributed by atoms with Gasteiger partial charge in [-0.2, -0.15) is 5.26 Å². The maximum Gasteiger partial charge on any atom is 0.259 e. The molecule has 0 bridgehead atoms. The van der Waals surface area contributed by atoms with Gasteiger partial charge in [-0.1, -0.05) is 75.2 Å². The molecule has 0 aromatic heterocycles. The van der Waals surface area contributed by atoms with E-state index in [1.54, 1.807) is 49.4 Å². The van der Waals surface area contributed by atoms with E-state index in [4.69, 9.17) is 23.2 Å². The Kier molecular flexibility index (Phi) is 11.7. The molecular weight excluding hydrogens is 467 g/mol. The average molecular weight is 499 g/mol. The average Bonchev–Trinajstić information content (AvgIpc) is 2.83. The van der Waals surface area contributed by atoms with Crippen molar-refractivity contribution in [2.75, 3.05) is 5.32 Å². The minimum Gasteiger partial charge on any atom is -0.507 e. The standard InChI is InChI=1S/C24H20Cl2N2O2.2C2H6/c1-13-8-15(3)23(29)19(9-13)24(30)28-22-11-21(26)18(10-14(22)2)20(12-27)16-4-6-17(25)7-5-16;2*1-2/h4-11,20,29H,1-3H3,(H,28,30);2*1-2H3. The van der Waals surface area contributed by atoms with Crippen LogP contribution in [0.2, 0.25) is 10.0 Å². The number of halogens is 2. The number of nitriles is 1. The van der Waals surface area contributed by atoms with Gasteiger partial charge < -0.3 is 10.4 Å². The number of anilines is 1. The van der Waals surface area contributed by atoms with Gasteiger partial charge in [0, 0.05) is 15.7 Å². The van der Waals surface area contributed by atoms with Crippen molar-refractivity contribution in [3.8, 4) is 11.8 Å². The predicted octanol–water partition coefficient (Wildman–Crippen LogP) is 8.58. The Hall–Kier alpha value is -3.00. The lowest BCUT2D eigenvalue weighted by Gasteiger charge is -2.17. The van der Waals surface area contributed by atoms with Gasteiger partial charge in [-0.25, -0.2) is 0 Å². The van der Waals surface area contributed by atoms with Crippen LogP contribution in [-0.2, 0) is 0 Å². The highest BCUT2D eigenvalue weighted by Crippen LogP contribution is 2.35. The van der Waals surface area contributed by atoms with Crippen LogP contribution < -0.4 is 5.32 Å². The van der Waals surface area contributed by atoms with Crippen LogP contribution in [-0.4, -0.2) is 11.0 Å². The fourth-order valence-corrected chi connectivity index (χ4v) is 3.76. The maximum atomic E-state index is 12.8. The number of carbonyl (C=O) groups excluding carboxylic acids is 1. The molecule has 1 amide bonds. The normalized spacial score (nSPS) is 10.6. The number of aryl methyl sites for hydroxylation is 3. The van der Waals surface area contributed by atoms with Gasteiger partial charge in [0.15, 0.2) is 0 Å². The summed E-state index contributed by atoms with van der Waals surface area (Å²) in [6.07, 6.45) is 0. The fraction of sp³-hybridized carbons (Fsp3) is 0.286. The van der Waals surface area contributed by atoms with E-state index in [1.807, 2.05) is 47.6 Å². The molecule has 0 aliphatic carbocycles. The minimum absolute atomic E-state index is 0.0502. The number of phenolic OH excluding ortho intramolecular Hbond substituents is 1. The molecule has 3 aromatic rings. The van der Waals surface area contributed by atoms with Gasteiger partial charge in [0.25, 0.3) is 5.91 Å². The van der Waals surface area contributed by atoms with Crippen molar-refractivity contribution < 1.29 is 9.90 Å². The summed E-state index contributed by atoms with van der Waals surface area (Å²) in [5, 5.41) is 23.7. The Morgan fingerprint density at radius 3 is 2.09 bits per heavy atom. The van der Waals surface area contributed by atoms with Gasteiger partial charge in [0.1, 0.15) is 5.75 Å². The molecule has 0 heterocycles. The highest BCUT2D eigenvalue weighted by Gasteiger charge is 2.20. The van der Waals surface area contributed by atoms with Gasteiger partial charge in [-0.15, -0.1) is 0 Å². The summed E-state index contributed by atoms with van der Waals surface area (Å²) in [6.45, 7) is 13.4. The van der Waals surface area contributed by atoms with Gasteiger partial charge in [-0.05, 0) is 72.9 Å². The summed E-state index contributed by atoms with van der Waals surface area (Å²) in [5.41, 5.74) is 4.39. The molecular formula is C28H32Cl2N2O2. The van der Waals surface area contributed by atoms with Crippen molar-refractivity contribution in [3.63, 3.8) is 0 Å². The second kappa shape index (κ2) is 13.6. The van der Waals surface area contributed by atoms with E-state index < -0.39 is 11.8 Å². The summed E-state index contributed by atoms with van der Waals surface area (Å²) in [4.78, 5) is 12.8. The van der Waals surface area contributed by atoms with E-state index in [9.17, 15) is 15.2 Å². The van der Waals surface area contributed by atoms with Crippen LogP contribution in [0.5, 0.6) is 5.75 Å². The van der Waals surface area contributed by atoms with E-state index in [1.165, 1.54) is 0 Å². The van der Waals surface area contributed by atoms with Crippen molar-refractivity contribution in [2.45, 2.75) is 54.4 Å². The highest BCUT2D eigenvalue weighted by atomic mass is 35.5. The minimum atomic E-state index is -0.568. The number of aromatic hydroxyl groups is 1. The van der Waals surface area contributed by atoms with Crippen molar-refractivity contribution in [1.29, 1.82) is 5.26 Å². The molecule has 6 heteroatoms. The quantitative estimate of drug-likeness (QED) is 0.378. The summed E-state index contributed by atoms with van der Waals surface area (Å²) in [6, 6.07) is 16.2. The molecule has 0 spiro atoms. The smallest absolute Gasteiger partial charge is 0.259 e. The molecule has 0 fully saturated rings. The van der Waals surface area contributed by atoms with Crippen molar-refractivity contribution in [2.24, 2.45) is 0 Å². The summed E-state index contributed by atoms with van der Waals surface area (Å²) in [5.74, 6) is -1.05. The lowest BCUT2D eigenvalue weighted by Crippen LogP contribution is -2.14. The molecule has 180 valence electrons. The number of amides is 1. The second-order valence-corrected chi connectivity index (χ2v) is 8.08. The third-order valence-electron chi connectivity index (χ3n) is 4.92. The zero-order valence-electron chi connectivity index (χ0n) is 20.8. The number of phenols is 1. The molecule has 1 atom stereocenters. The summed E-state index contributed by atoms with van der Waals surface area (Å²) in [7, 11) is 0. The van der Waals surface area contributed by atoms with E-state index >= 15 is 0 Å². The van der Waals surface area contributed by atoms with Crippen LogP contribution in [0.3, 0.4) is 0 Å². The van der Waals surface area contributed by atoms with E-state index in [2.05, 4.69) is 11.4 Å². The first-order valence-corrected chi connectivity index (χ1v) is 12.0. The summed E-state index contributed by atoms with van der Waals surface area (Å²) < 4.78 is 0. The zero-order valence-corrected chi connectivity index (χ0v) is 22.3. The number of rotatable bonds is 4. The Morgan fingerprint density at radius 2 is 1.53 bits per heavy atom. The number of nitrogens with one attached hydrogen (secondary N) is 1. The largest absolute Gasteiger partial charge is 0.507 e. The fourth-order valence-electron chi connectivity index (χ4n) is 3.36. The number of nitrogens with zero attached hydrogens (tertiary/aromatic N) is 1. The van der Waals surface area contributed by atoms with Gasteiger partial charge >= 0.3 is 0 Å². The van der Waals surface area contributed by atoms with Crippen molar-refractivity contribution >= 4 is 34.8 Å². The van der Waals surface area contributed by atoms with E-state index in [0.717, 1.165) is 16.7 Å². The highest BCUT2D eigenvalue weighted by molar-refractivity contribution is 6.32. The van der Waals surface area contributed by atoms with Crippen LogP contribution in [0.1, 0.15) is 71.8 Å². The van der Waals surface area contributed by atoms with Crippen LogP contribution in [0.25, 0.3) is 0 Å². The lowest BCUT2D eigenvalue weighted by atomic mass is 9.91. The number of hydrogen-bond acceptors (Lipinski definition) is 3. The van der Waals surface area contributed by atoms with Crippen LogP contribution in [0.15, 0.2) is 48.5 Å². The number of carbonyl (C=O) groups is 1. The van der Waals surface area contributed by atoms with E-state index in [-0.39, 0.29) is 11.3 Å². The molecule has 1 unspecified atom stereocenters. The zero-order chi connectivity index (χ0) is 26.0. The lowest BCUT2D eigenvalue weighted by molar-refractivity contribution is 0.102. The SMILES string of the molecule is CC.CC.Cc1cc(C)c(O)c(C(=O)Nc2cc(Cl)c(C(C#N)c3ccc(Cl)cc3)cc2C)c1. The molecule has 0 saturated heterocycles.